The Kier molecular flexibility index (Phi) is 11.4. The minimum atomic E-state index is -2.94. The van der Waals surface area contributed by atoms with Gasteiger partial charge in [0, 0.05) is 44.5 Å². The molecule has 0 unspecified atom stereocenters. The number of nitrogens with one attached hydrogen (secondary N) is 2. The van der Waals surface area contributed by atoms with E-state index >= 15 is 0 Å². The van der Waals surface area contributed by atoms with E-state index in [2.05, 4.69) is 44.8 Å². The van der Waals surface area contributed by atoms with E-state index in [-0.39, 0.29) is 42.0 Å². The van der Waals surface area contributed by atoms with Crippen LogP contribution in [0.3, 0.4) is 0 Å². The molecule has 3 rings (SSSR count). The van der Waals surface area contributed by atoms with Crippen molar-refractivity contribution in [3.8, 4) is 11.5 Å². The van der Waals surface area contributed by atoms with Crippen molar-refractivity contribution in [2.75, 3.05) is 44.9 Å². The molecule has 2 N–H and O–H groups in total. The van der Waals surface area contributed by atoms with Crippen LogP contribution in [-0.4, -0.2) is 52.5 Å². The average molecular weight is 576 g/mol. The third-order valence-corrected chi connectivity index (χ3v) is 5.01. The quantitative estimate of drug-likeness (QED) is 0.267. The van der Waals surface area contributed by atoms with Crippen molar-refractivity contribution in [2.45, 2.75) is 26.6 Å². The maximum atomic E-state index is 12.9. The van der Waals surface area contributed by atoms with Crippen LogP contribution in [0.4, 0.5) is 14.5 Å². The largest absolute Gasteiger partial charge is 0.490 e. The van der Waals surface area contributed by atoms with Crippen molar-refractivity contribution in [3.05, 3.63) is 53.6 Å². The molecule has 1 saturated heterocycles. The number of anilines is 1. The van der Waals surface area contributed by atoms with E-state index < -0.39 is 6.61 Å². The lowest BCUT2D eigenvalue weighted by atomic mass is 10.2. The fourth-order valence-electron chi connectivity index (χ4n) is 3.42. The third-order valence-electron chi connectivity index (χ3n) is 5.01. The van der Waals surface area contributed by atoms with Gasteiger partial charge in [-0.1, -0.05) is 24.3 Å². The van der Waals surface area contributed by atoms with Crippen LogP contribution < -0.4 is 25.0 Å². The number of benzene rings is 2. The van der Waals surface area contributed by atoms with Gasteiger partial charge < -0.3 is 29.7 Å². The van der Waals surface area contributed by atoms with Crippen LogP contribution in [-0.2, 0) is 17.8 Å². The molecule has 1 fully saturated rings. The van der Waals surface area contributed by atoms with Crippen LogP contribution in [0.1, 0.15) is 18.1 Å². The van der Waals surface area contributed by atoms with Crippen LogP contribution in [0.15, 0.2) is 47.5 Å². The number of ether oxygens (including phenoxy) is 3. The van der Waals surface area contributed by atoms with Crippen LogP contribution in [0.5, 0.6) is 11.5 Å². The summed E-state index contributed by atoms with van der Waals surface area (Å²) >= 11 is 0. The SMILES string of the molecule is CCOc1cccc(CNC(=NC)NCc2ccc(N3CCOCC3)cc2)c1OC(F)F.I. The van der Waals surface area contributed by atoms with E-state index in [0.717, 1.165) is 31.9 Å². The molecule has 0 radical (unpaired) electrons. The molecule has 2 aromatic carbocycles. The van der Waals surface area contributed by atoms with Crippen molar-refractivity contribution in [3.63, 3.8) is 0 Å². The number of nitrogens with zero attached hydrogens (tertiary/aromatic N) is 2. The number of para-hydroxylation sites is 1. The predicted molar refractivity (Wildman–Crippen MR) is 136 cm³/mol. The minimum absolute atomic E-state index is 0. The monoisotopic (exact) mass is 576 g/mol. The molecule has 0 bridgehead atoms. The average Bonchev–Trinajstić information content (AvgIpc) is 2.81. The molecule has 0 atom stereocenters. The number of guanidine groups is 1. The zero-order valence-electron chi connectivity index (χ0n) is 18.9. The summed E-state index contributed by atoms with van der Waals surface area (Å²) in [6.45, 7) is 3.33. The van der Waals surface area contributed by atoms with Gasteiger partial charge in [0.2, 0.25) is 0 Å². The van der Waals surface area contributed by atoms with Crippen molar-refractivity contribution in [1.82, 2.24) is 10.6 Å². The Balaban J connectivity index is 0.00000385. The van der Waals surface area contributed by atoms with E-state index in [9.17, 15) is 8.78 Å². The zero-order chi connectivity index (χ0) is 22.8. The van der Waals surface area contributed by atoms with E-state index in [1.165, 1.54) is 5.69 Å². The van der Waals surface area contributed by atoms with Crippen molar-refractivity contribution >= 4 is 35.6 Å². The normalized spacial score (nSPS) is 14.0. The molecule has 0 saturated carbocycles. The van der Waals surface area contributed by atoms with Gasteiger partial charge in [0.05, 0.1) is 19.8 Å². The smallest absolute Gasteiger partial charge is 0.387 e. The summed E-state index contributed by atoms with van der Waals surface area (Å²) in [7, 11) is 1.66. The van der Waals surface area contributed by atoms with Gasteiger partial charge >= 0.3 is 6.61 Å². The molecule has 182 valence electrons. The Morgan fingerprint density at radius 2 is 1.79 bits per heavy atom. The highest BCUT2D eigenvalue weighted by molar-refractivity contribution is 14.0. The van der Waals surface area contributed by atoms with Gasteiger partial charge in [-0.05, 0) is 30.7 Å². The highest BCUT2D eigenvalue weighted by Crippen LogP contribution is 2.32. The number of hydrogen-bond acceptors (Lipinski definition) is 5. The van der Waals surface area contributed by atoms with Crippen LogP contribution >= 0.6 is 24.0 Å². The summed E-state index contributed by atoms with van der Waals surface area (Å²) in [5.74, 6) is 0.869. The van der Waals surface area contributed by atoms with E-state index in [4.69, 9.17) is 14.2 Å². The fraction of sp³-hybridized carbons (Fsp3) is 0.435. The van der Waals surface area contributed by atoms with Gasteiger partial charge in [0.25, 0.3) is 0 Å². The lowest BCUT2D eigenvalue weighted by Crippen LogP contribution is -2.37. The van der Waals surface area contributed by atoms with Gasteiger partial charge in [-0.2, -0.15) is 8.78 Å². The molecule has 0 aliphatic carbocycles. The van der Waals surface area contributed by atoms with Gasteiger partial charge in [-0.25, -0.2) is 0 Å². The molecule has 1 heterocycles. The second-order valence-corrected chi connectivity index (χ2v) is 7.10. The Morgan fingerprint density at radius 1 is 1.09 bits per heavy atom. The van der Waals surface area contributed by atoms with Crippen molar-refractivity contribution in [1.29, 1.82) is 0 Å². The molecule has 0 aromatic heterocycles. The fourth-order valence-corrected chi connectivity index (χ4v) is 3.42. The number of morpholine rings is 1. The summed E-state index contributed by atoms with van der Waals surface area (Å²) in [5.41, 5.74) is 2.83. The Hall–Kier alpha value is -2.34. The van der Waals surface area contributed by atoms with Crippen LogP contribution in [0, 0.1) is 0 Å². The molecule has 7 nitrogen and oxygen atoms in total. The van der Waals surface area contributed by atoms with Gasteiger partial charge in [0.15, 0.2) is 17.5 Å². The number of alkyl halides is 2. The van der Waals surface area contributed by atoms with Crippen molar-refractivity contribution < 1.29 is 23.0 Å². The van der Waals surface area contributed by atoms with E-state index in [0.29, 0.717) is 24.7 Å². The number of aliphatic imine (C=N–C) groups is 1. The van der Waals surface area contributed by atoms with Crippen LogP contribution in [0.2, 0.25) is 0 Å². The second kappa shape index (κ2) is 14.0. The van der Waals surface area contributed by atoms with Gasteiger partial charge in [-0.15, -0.1) is 24.0 Å². The summed E-state index contributed by atoms with van der Waals surface area (Å²) in [6, 6.07) is 13.4. The summed E-state index contributed by atoms with van der Waals surface area (Å²) in [5, 5.41) is 6.38. The lowest BCUT2D eigenvalue weighted by Gasteiger charge is -2.28. The molecule has 0 amide bonds. The Bertz CT molecular complexity index is 879. The number of rotatable bonds is 9. The first-order valence-corrected chi connectivity index (χ1v) is 10.7. The standard InChI is InChI=1S/C23H30F2N4O3.HI/c1-3-31-20-6-4-5-18(21(20)32-22(24)25)16-28-23(26-2)27-15-17-7-9-19(10-8-17)29-11-13-30-14-12-29;/h4-10,22H,3,11-16H2,1-2H3,(H2,26,27,28);1H. The highest BCUT2D eigenvalue weighted by atomic mass is 127. The molecular formula is C23H31F2IN4O3. The second-order valence-electron chi connectivity index (χ2n) is 7.10. The highest BCUT2D eigenvalue weighted by Gasteiger charge is 2.16. The Labute approximate surface area is 210 Å². The van der Waals surface area contributed by atoms with E-state index in [1.54, 1.807) is 32.2 Å². The molecule has 2 aromatic rings. The van der Waals surface area contributed by atoms with Gasteiger partial charge in [0.1, 0.15) is 0 Å². The molecule has 33 heavy (non-hydrogen) atoms. The zero-order valence-corrected chi connectivity index (χ0v) is 21.2. The van der Waals surface area contributed by atoms with Crippen LogP contribution in [0.25, 0.3) is 0 Å². The summed E-state index contributed by atoms with van der Waals surface area (Å²) in [6.07, 6.45) is 0. The van der Waals surface area contributed by atoms with Crippen molar-refractivity contribution in [2.24, 2.45) is 4.99 Å². The first-order valence-electron chi connectivity index (χ1n) is 10.7. The topological polar surface area (TPSA) is 67.4 Å². The summed E-state index contributed by atoms with van der Waals surface area (Å²) in [4.78, 5) is 6.51. The molecule has 10 heteroatoms. The Morgan fingerprint density at radius 3 is 2.42 bits per heavy atom. The maximum Gasteiger partial charge on any atom is 0.387 e. The first-order chi connectivity index (χ1) is 15.6. The van der Waals surface area contributed by atoms with Gasteiger partial charge in [-0.3, -0.25) is 4.99 Å². The molecular weight excluding hydrogens is 545 g/mol. The third kappa shape index (κ3) is 8.18. The van der Waals surface area contributed by atoms with E-state index in [1.807, 2.05) is 0 Å². The molecule has 0 spiro atoms. The molecule has 1 aliphatic rings. The number of hydrogen-bond donors (Lipinski definition) is 2. The maximum absolute atomic E-state index is 12.9. The predicted octanol–water partition coefficient (Wildman–Crippen LogP) is 4.01. The lowest BCUT2D eigenvalue weighted by molar-refractivity contribution is -0.0520. The number of halogens is 3. The minimum Gasteiger partial charge on any atom is -0.490 e. The first kappa shape index (κ1) is 26.9. The molecule has 1 aliphatic heterocycles. The summed E-state index contributed by atoms with van der Waals surface area (Å²) < 4.78 is 41.3.